The van der Waals surface area contributed by atoms with Crippen LogP contribution in [0.3, 0.4) is 0 Å². The fraction of sp³-hybridized carbons (Fsp3) is 0.500. The first-order valence-corrected chi connectivity index (χ1v) is 5.72. The van der Waals surface area contributed by atoms with Gasteiger partial charge in [0.05, 0.1) is 16.4 Å². The van der Waals surface area contributed by atoms with E-state index in [9.17, 15) is 0 Å². The minimum absolute atomic E-state index is 0.166. The third-order valence-corrected chi connectivity index (χ3v) is 3.49. The summed E-state index contributed by atoms with van der Waals surface area (Å²) in [7, 11) is 0. The summed E-state index contributed by atoms with van der Waals surface area (Å²) in [4.78, 5) is 2.32. The minimum Gasteiger partial charge on any atom is -0.397 e. The van der Waals surface area contributed by atoms with Crippen molar-refractivity contribution in [3.05, 3.63) is 23.2 Å². The predicted molar refractivity (Wildman–Crippen MR) is 66.5 cm³/mol. The summed E-state index contributed by atoms with van der Waals surface area (Å²) in [6.07, 6.45) is 2.40. The number of para-hydroxylation sites is 1. The number of nitrogens with two attached hydrogens (primary N) is 1. The molecule has 3 heteroatoms. The first-order valence-electron chi connectivity index (χ1n) is 5.34. The van der Waals surface area contributed by atoms with Crippen molar-refractivity contribution in [2.75, 3.05) is 17.2 Å². The monoisotopic (exact) mass is 224 g/mol. The maximum Gasteiger partial charge on any atom is 0.0793 e. The van der Waals surface area contributed by atoms with Gasteiger partial charge in [-0.3, -0.25) is 0 Å². The fourth-order valence-electron chi connectivity index (χ4n) is 2.34. The lowest BCUT2D eigenvalue weighted by Gasteiger charge is -2.35. The van der Waals surface area contributed by atoms with Gasteiger partial charge in [-0.2, -0.15) is 0 Å². The molecule has 0 saturated carbocycles. The van der Waals surface area contributed by atoms with Crippen LogP contribution in [0.4, 0.5) is 11.4 Å². The third kappa shape index (κ3) is 1.78. The van der Waals surface area contributed by atoms with E-state index in [1.165, 1.54) is 12.8 Å². The molecule has 0 amide bonds. The standard InChI is InChI=1S/C12H17ClN2/c1-12(2)7-4-8-15(12)11-9(13)5-3-6-10(11)14/h3,5-6H,4,7-8,14H2,1-2H3. The lowest BCUT2D eigenvalue weighted by Crippen LogP contribution is -2.38. The van der Waals surface area contributed by atoms with E-state index in [2.05, 4.69) is 18.7 Å². The highest BCUT2D eigenvalue weighted by molar-refractivity contribution is 6.34. The molecule has 1 heterocycles. The summed E-state index contributed by atoms with van der Waals surface area (Å²) in [6.45, 7) is 5.52. The molecule has 15 heavy (non-hydrogen) atoms. The highest BCUT2D eigenvalue weighted by Crippen LogP contribution is 2.40. The fourth-order valence-corrected chi connectivity index (χ4v) is 2.62. The van der Waals surface area contributed by atoms with Crippen molar-refractivity contribution < 1.29 is 0 Å². The Morgan fingerprint density at radius 3 is 2.67 bits per heavy atom. The summed E-state index contributed by atoms with van der Waals surface area (Å²) >= 11 is 6.22. The molecule has 2 N–H and O–H groups in total. The van der Waals surface area contributed by atoms with Crippen molar-refractivity contribution in [2.24, 2.45) is 0 Å². The van der Waals surface area contributed by atoms with Gasteiger partial charge in [-0.1, -0.05) is 17.7 Å². The smallest absolute Gasteiger partial charge is 0.0793 e. The average Bonchev–Trinajstić information content (AvgIpc) is 2.46. The Kier molecular flexibility index (Phi) is 2.55. The zero-order valence-electron chi connectivity index (χ0n) is 9.26. The summed E-state index contributed by atoms with van der Waals surface area (Å²) < 4.78 is 0. The molecule has 0 aliphatic carbocycles. The number of benzene rings is 1. The number of nitrogens with zero attached hydrogens (tertiary/aromatic N) is 1. The minimum atomic E-state index is 0.166. The molecule has 0 spiro atoms. The summed E-state index contributed by atoms with van der Waals surface area (Å²) in [6, 6.07) is 5.71. The SMILES string of the molecule is CC1(C)CCCN1c1c(N)cccc1Cl. The molecule has 0 radical (unpaired) electrons. The second kappa shape index (κ2) is 3.60. The van der Waals surface area contributed by atoms with Gasteiger partial charge in [0.15, 0.2) is 0 Å². The Hall–Kier alpha value is -0.890. The van der Waals surface area contributed by atoms with Gasteiger partial charge in [0.25, 0.3) is 0 Å². The van der Waals surface area contributed by atoms with Crippen LogP contribution in [0.2, 0.25) is 5.02 Å². The zero-order valence-corrected chi connectivity index (χ0v) is 10.0. The van der Waals surface area contributed by atoms with Crippen LogP contribution in [0.15, 0.2) is 18.2 Å². The van der Waals surface area contributed by atoms with E-state index in [1.54, 1.807) is 0 Å². The Bertz CT molecular complexity index is 354. The van der Waals surface area contributed by atoms with E-state index < -0.39 is 0 Å². The highest BCUT2D eigenvalue weighted by atomic mass is 35.5. The van der Waals surface area contributed by atoms with Crippen molar-refractivity contribution in [3.63, 3.8) is 0 Å². The largest absolute Gasteiger partial charge is 0.397 e. The van der Waals surface area contributed by atoms with Gasteiger partial charge in [0.2, 0.25) is 0 Å². The van der Waals surface area contributed by atoms with Crippen molar-refractivity contribution in [1.29, 1.82) is 0 Å². The molecule has 1 aromatic carbocycles. The van der Waals surface area contributed by atoms with Crippen molar-refractivity contribution in [2.45, 2.75) is 32.2 Å². The predicted octanol–water partition coefficient (Wildman–Crippen LogP) is 3.30. The number of nitrogen functional groups attached to an aromatic ring is 1. The highest BCUT2D eigenvalue weighted by Gasteiger charge is 2.33. The Morgan fingerprint density at radius 2 is 2.13 bits per heavy atom. The molecule has 82 valence electrons. The maximum atomic E-state index is 6.22. The Balaban J connectivity index is 2.45. The van der Waals surface area contributed by atoms with Gasteiger partial charge in [0, 0.05) is 12.1 Å². The number of hydrogen-bond acceptors (Lipinski definition) is 2. The van der Waals surface area contributed by atoms with E-state index in [1.807, 2.05) is 18.2 Å². The van der Waals surface area contributed by atoms with Crippen LogP contribution < -0.4 is 10.6 Å². The van der Waals surface area contributed by atoms with E-state index in [0.717, 1.165) is 22.9 Å². The van der Waals surface area contributed by atoms with E-state index in [4.69, 9.17) is 17.3 Å². The first kappa shape index (κ1) is 10.6. The van der Waals surface area contributed by atoms with Crippen LogP contribution in [0.5, 0.6) is 0 Å². The van der Waals surface area contributed by atoms with Gasteiger partial charge in [0.1, 0.15) is 0 Å². The second-order valence-corrected chi connectivity index (χ2v) is 5.15. The summed E-state index contributed by atoms with van der Waals surface area (Å²) in [5.41, 5.74) is 7.94. The van der Waals surface area contributed by atoms with Crippen molar-refractivity contribution >= 4 is 23.0 Å². The van der Waals surface area contributed by atoms with Crippen LogP contribution >= 0.6 is 11.6 Å². The second-order valence-electron chi connectivity index (χ2n) is 4.75. The molecule has 0 atom stereocenters. The van der Waals surface area contributed by atoms with Gasteiger partial charge in [-0.15, -0.1) is 0 Å². The van der Waals surface area contributed by atoms with Gasteiger partial charge in [-0.25, -0.2) is 0 Å². The maximum absolute atomic E-state index is 6.22. The zero-order chi connectivity index (χ0) is 11.1. The number of anilines is 2. The number of hydrogen-bond donors (Lipinski definition) is 1. The molecule has 1 saturated heterocycles. The molecule has 0 bridgehead atoms. The van der Waals surface area contributed by atoms with Gasteiger partial charge in [-0.05, 0) is 38.8 Å². The van der Waals surface area contributed by atoms with Crippen LogP contribution in [-0.4, -0.2) is 12.1 Å². The Morgan fingerprint density at radius 1 is 1.40 bits per heavy atom. The van der Waals surface area contributed by atoms with Crippen LogP contribution in [0.1, 0.15) is 26.7 Å². The first-order chi connectivity index (χ1) is 7.02. The molecular weight excluding hydrogens is 208 g/mol. The molecule has 1 aliphatic rings. The molecular formula is C12H17ClN2. The van der Waals surface area contributed by atoms with E-state index in [0.29, 0.717) is 0 Å². The van der Waals surface area contributed by atoms with Crippen LogP contribution in [0.25, 0.3) is 0 Å². The van der Waals surface area contributed by atoms with Gasteiger partial charge < -0.3 is 10.6 Å². The van der Waals surface area contributed by atoms with Crippen molar-refractivity contribution in [3.8, 4) is 0 Å². The Labute approximate surface area is 96.0 Å². The normalized spacial score (nSPS) is 19.5. The van der Waals surface area contributed by atoms with Crippen molar-refractivity contribution in [1.82, 2.24) is 0 Å². The van der Waals surface area contributed by atoms with E-state index >= 15 is 0 Å². The molecule has 2 nitrogen and oxygen atoms in total. The number of rotatable bonds is 1. The quantitative estimate of drug-likeness (QED) is 0.742. The average molecular weight is 225 g/mol. The molecule has 2 rings (SSSR count). The lowest BCUT2D eigenvalue weighted by molar-refractivity contribution is 0.518. The summed E-state index contributed by atoms with van der Waals surface area (Å²) in [5, 5.41) is 0.755. The number of halogens is 1. The van der Waals surface area contributed by atoms with Crippen LogP contribution in [-0.2, 0) is 0 Å². The topological polar surface area (TPSA) is 29.3 Å². The van der Waals surface area contributed by atoms with Crippen LogP contribution in [0, 0.1) is 0 Å². The molecule has 1 aromatic rings. The molecule has 1 aliphatic heterocycles. The van der Waals surface area contributed by atoms with E-state index in [-0.39, 0.29) is 5.54 Å². The summed E-state index contributed by atoms with van der Waals surface area (Å²) in [5.74, 6) is 0. The third-order valence-electron chi connectivity index (χ3n) is 3.19. The molecule has 1 fully saturated rings. The molecule has 0 unspecified atom stereocenters. The lowest BCUT2D eigenvalue weighted by atomic mass is 10.0. The van der Waals surface area contributed by atoms with Gasteiger partial charge >= 0.3 is 0 Å². The molecule has 0 aromatic heterocycles.